The SMILES string of the molecule is CCN1CC[C@]2(CCN2)C1. The van der Waals surface area contributed by atoms with E-state index >= 15 is 0 Å². The summed E-state index contributed by atoms with van der Waals surface area (Å²) in [5.41, 5.74) is 0.565. The zero-order valence-electron chi connectivity index (χ0n) is 6.69. The number of likely N-dealkylation sites (tertiary alicyclic amines) is 1. The summed E-state index contributed by atoms with van der Waals surface area (Å²) in [6.45, 7) is 7.33. The Kier molecular flexibility index (Phi) is 1.46. The van der Waals surface area contributed by atoms with Crippen LogP contribution >= 0.6 is 0 Å². The Morgan fingerprint density at radius 2 is 2.30 bits per heavy atom. The monoisotopic (exact) mass is 140 g/mol. The van der Waals surface area contributed by atoms with Gasteiger partial charge in [0.15, 0.2) is 0 Å². The zero-order chi connectivity index (χ0) is 7.03. The summed E-state index contributed by atoms with van der Waals surface area (Å²) >= 11 is 0. The summed E-state index contributed by atoms with van der Waals surface area (Å²) in [5.74, 6) is 0. The van der Waals surface area contributed by atoms with Crippen molar-refractivity contribution in [2.24, 2.45) is 0 Å². The van der Waals surface area contributed by atoms with Crippen molar-refractivity contribution in [2.75, 3.05) is 26.2 Å². The molecule has 2 nitrogen and oxygen atoms in total. The molecule has 0 saturated carbocycles. The third-order valence-corrected chi connectivity index (χ3v) is 2.98. The topological polar surface area (TPSA) is 15.3 Å². The van der Waals surface area contributed by atoms with Gasteiger partial charge in [0.25, 0.3) is 0 Å². The summed E-state index contributed by atoms with van der Waals surface area (Å²) in [7, 11) is 0. The van der Waals surface area contributed by atoms with E-state index in [1.165, 1.54) is 39.0 Å². The highest BCUT2D eigenvalue weighted by Crippen LogP contribution is 2.29. The predicted molar refractivity (Wildman–Crippen MR) is 42.1 cm³/mol. The van der Waals surface area contributed by atoms with E-state index < -0.39 is 0 Å². The highest BCUT2D eigenvalue weighted by Gasteiger charge is 2.41. The van der Waals surface area contributed by atoms with Gasteiger partial charge in [-0.05, 0) is 25.9 Å². The second kappa shape index (κ2) is 2.21. The molecule has 1 atom stereocenters. The van der Waals surface area contributed by atoms with Crippen LogP contribution in [0, 0.1) is 0 Å². The van der Waals surface area contributed by atoms with E-state index in [9.17, 15) is 0 Å². The number of nitrogens with zero attached hydrogens (tertiary/aromatic N) is 1. The number of rotatable bonds is 1. The maximum atomic E-state index is 3.54. The minimum atomic E-state index is 0.565. The highest BCUT2D eigenvalue weighted by molar-refractivity contribution is 5.03. The van der Waals surface area contributed by atoms with Gasteiger partial charge < -0.3 is 10.2 Å². The summed E-state index contributed by atoms with van der Waals surface area (Å²) in [6.07, 6.45) is 2.78. The lowest BCUT2D eigenvalue weighted by molar-refractivity contribution is 0.204. The van der Waals surface area contributed by atoms with Crippen molar-refractivity contribution in [3.05, 3.63) is 0 Å². The van der Waals surface area contributed by atoms with Crippen LogP contribution in [-0.2, 0) is 0 Å². The molecule has 0 radical (unpaired) electrons. The molecule has 0 aliphatic carbocycles. The molecule has 2 rings (SSSR count). The molecule has 1 spiro atoms. The van der Waals surface area contributed by atoms with Crippen LogP contribution in [0.1, 0.15) is 19.8 Å². The van der Waals surface area contributed by atoms with Gasteiger partial charge in [0.1, 0.15) is 0 Å². The normalized spacial score (nSPS) is 40.5. The Morgan fingerprint density at radius 3 is 2.60 bits per heavy atom. The van der Waals surface area contributed by atoms with Crippen molar-refractivity contribution in [1.82, 2.24) is 10.2 Å². The van der Waals surface area contributed by atoms with E-state index in [0.717, 1.165) is 0 Å². The molecule has 2 heterocycles. The molecule has 0 unspecified atom stereocenters. The van der Waals surface area contributed by atoms with Gasteiger partial charge in [0.2, 0.25) is 0 Å². The smallest absolute Gasteiger partial charge is 0.0333 e. The van der Waals surface area contributed by atoms with E-state index in [0.29, 0.717) is 5.54 Å². The van der Waals surface area contributed by atoms with Gasteiger partial charge in [-0.15, -0.1) is 0 Å². The van der Waals surface area contributed by atoms with Crippen molar-refractivity contribution in [1.29, 1.82) is 0 Å². The van der Waals surface area contributed by atoms with E-state index in [1.807, 2.05) is 0 Å². The molecule has 2 saturated heterocycles. The maximum absolute atomic E-state index is 3.54. The lowest BCUT2D eigenvalue weighted by Crippen LogP contribution is -2.58. The Balaban J connectivity index is 1.92. The minimum absolute atomic E-state index is 0.565. The first kappa shape index (κ1) is 6.62. The summed E-state index contributed by atoms with van der Waals surface area (Å²) in [5, 5.41) is 3.54. The van der Waals surface area contributed by atoms with Gasteiger partial charge in [-0.25, -0.2) is 0 Å². The largest absolute Gasteiger partial charge is 0.310 e. The number of hydrogen-bond donors (Lipinski definition) is 1. The van der Waals surface area contributed by atoms with Crippen LogP contribution in [0.15, 0.2) is 0 Å². The molecule has 1 N–H and O–H groups in total. The van der Waals surface area contributed by atoms with Gasteiger partial charge in [0.05, 0.1) is 0 Å². The van der Waals surface area contributed by atoms with E-state index in [2.05, 4.69) is 17.1 Å². The molecule has 2 fully saturated rings. The second-order valence-corrected chi connectivity index (χ2v) is 3.58. The first-order valence-corrected chi connectivity index (χ1v) is 4.32. The molecule has 2 aliphatic rings. The Labute approximate surface area is 62.6 Å². The first-order chi connectivity index (χ1) is 4.85. The average Bonchev–Trinajstić information content (AvgIpc) is 2.29. The van der Waals surface area contributed by atoms with Crippen molar-refractivity contribution in [3.8, 4) is 0 Å². The molecule has 10 heavy (non-hydrogen) atoms. The molecule has 0 aromatic rings. The molecular formula is C8H16N2. The number of hydrogen-bond acceptors (Lipinski definition) is 2. The van der Waals surface area contributed by atoms with Crippen LogP contribution in [0.25, 0.3) is 0 Å². The maximum Gasteiger partial charge on any atom is 0.0333 e. The number of nitrogens with one attached hydrogen (secondary N) is 1. The molecule has 2 aliphatic heterocycles. The third kappa shape index (κ3) is 0.867. The quantitative estimate of drug-likeness (QED) is 0.568. The van der Waals surface area contributed by atoms with Crippen LogP contribution in [0.4, 0.5) is 0 Å². The van der Waals surface area contributed by atoms with Crippen molar-refractivity contribution < 1.29 is 0 Å². The van der Waals surface area contributed by atoms with Gasteiger partial charge in [-0.2, -0.15) is 0 Å². The van der Waals surface area contributed by atoms with E-state index in [4.69, 9.17) is 0 Å². The Bertz CT molecular complexity index is 129. The molecule has 0 aromatic heterocycles. The zero-order valence-corrected chi connectivity index (χ0v) is 6.69. The van der Waals surface area contributed by atoms with Crippen LogP contribution in [0.2, 0.25) is 0 Å². The second-order valence-electron chi connectivity index (χ2n) is 3.58. The van der Waals surface area contributed by atoms with Crippen molar-refractivity contribution >= 4 is 0 Å². The van der Waals surface area contributed by atoms with Gasteiger partial charge in [-0.3, -0.25) is 0 Å². The van der Waals surface area contributed by atoms with E-state index in [-0.39, 0.29) is 0 Å². The summed E-state index contributed by atoms with van der Waals surface area (Å²) < 4.78 is 0. The Hall–Kier alpha value is -0.0800. The number of likely N-dealkylation sites (N-methyl/N-ethyl adjacent to an activating group) is 1. The fourth-order valence-corrected chi connectivity index (χ4v) is 2.06. The minimum Gasteiger partial charge on any atom is -0.310 e. The lowest BCUT2D eigenvalue weighted by atomic mass is 9.87. The van der Waals surface area contributed by atoms with E-state index in [1.54, 1.807) is 0 Å². The van der Waals surface area contributed by atoms with Crippen LogP contribution in [-0.4, -0.2) is 36.6 Å². The van der Waals surface area contributed by atoms with Crippen LogP contribution < -0.4 is 5.32 Å². The van der Waals surface area contributed by atoms with Gasteiger partial charge in [-0.1, -0.05) is 6.92 Å². The summed E-state index contributed by atoms with van der Waals surface area (Å²) in [6, 6.07) is 0. The van der Waals surface area contributed by atoms with Gasteiger partial charge >= 0.3 is 0 Å². The third-order valence-electron chi connectivity index (χ3n) is 2.98. The fourth-order valence-electron chi connectivity index (χ4n) is 2.06. The van der Waals surface area contributed by atoms with Crippen molar-refractivity contribution in [2.45, 2.75) is 25.3 Å². The molecule has 58 valence electrons. The highest BCUT2D eigenvalue weighted by atomic mass is 15.2. The molecule has 0 aromatic carbocycles. The molecule has 2 heteroatoms. The van der Waals surface area contributed by atoms with Crippen molar-refractivity contribution in [3.63, 3.8) is 0 Å². The average molecular weight is 140 g/mol. The standard InChI is InChI=1S/C8H16N2/c1-2-10-6-4-8(7-10)3-5-9-8/h9H,2-7H2,1H3/t8-/m1/s1. The fraction of sp³-hybridized carbons (Fsp3) is 1.00. The van der Waals surface area contributed by atoms with Gasteiger partial charge in [0, 0.05) is 18.6 Å². The first-order valence-electron chi connectivity index (χ1n) is 4.32. The predicted octanol–water partition coefficient (Wildman–Crippen LogP) is 0.444. The molecular weight excluding hydrogens is 124 g/mol. The van der Waals surface area contributed by atoms with Crippen LogP contribution in [0.5, 0.6) is 0 Å². The van der Waals surface area contributed by atoms with Crippen LogP contribution in [0.3, 0.4) is 0 Å². The molecule has 0 bridgehead atoms. The lowest BCUT2D eigenvalue weighted by Gasteiger charge is -2.39. The summed E-state index contributed by atoms with van der Waals surface area (Å²) in [4.78, 5) is 2.53. The Morgan fingerprint density at radius 1 is 1.50 bits per heavy atom. The molecule has 0 amide bonds.